The molecule has 172 valence electrons. The van der Waals surface area contributed by atoms with Crippen molar-refractivity contribution in [3.05, 3.63) is 64.4 Å². The molecular weight excluding hydrogens is 454 g/mol. The van der Waals surface area contributed by atoms with Crippen molar-refractivity contribution < 1.29 is 39.9 Å². The first-order valence-corrected chi connectivity index (χ1v) is 8.79. The lowest BCUT2D eigenvalue weighted by atomic mass is 10.1. The Kier molecular flexibility index (Phi) is 5.98. The smallest absolute Gasteiger partial charge is 0.307 e. The summed E-state index contributed by atoms with van der Waals surface area (Å²) in [6.45, 7) is 1.76. The van der Waals surface area contributed by atoms with E-state index in [4.69, 9.17) is 0 Å². The largest absolute Gasteiger partial charge is 0.435 e. The third-order valence-corrected chi connectivity index (χ3v) is 4.47. The Labute approximate surface area is 174 Å². The van der Waals surface area contributed by atoms with Gasteiger partial charge in [0.25, 0.3) is 0 Å². The van der Waals surface area contributed by atoms with Crippen LogP contribution < -0.4 is 5.32 Å². The summed E-state index contributed by atoms with van der Waals surface area (Å²) >= 11 is 0. The van der Waals surface area contributed by atoms with Crippen molar-refractivity contribution in [1.82, 2.24) is 19.6 Å². The maximum absolute atomic E-state index is 13.8. The van der Waals surface area contributed by atoms with E-state index in [1.165, 1.54) is 13.8 Å². The van der Waals surface area contributed by atoms with E-state index in [0.717, 1.165) is 27.7 Å². The molecule has 0 radical (unpaired) electrons. The van der Waals surface area contributed by atoms with Crippen LogP contribution in [0.3, 0.4) is 0 Å². The number of amides is 1. The van der Waals surface area contributed by atoms with Crippen molar-refractivity contribution in [2.45, 2.75) is 32.6 Å². The van der Waals surface area contributed by atoms with Crippen molar-refractivity contribution in [2.24, 2.45) is 0 Å². The van der Waals surface area contributed by atoms with Gasteiger partial charge in [0, 0.05) is 18.0 Å². The summed E-state index contributed by atoms with van der Waals surface area (Å²) < 4.78 is 107. The minimum atomic E-state index is -4.70. The van der Waals surface area contributed by atoms with Crippen LogP contribution in [-0.4, -0.2) is 25.5 Å². The molecule has 3 rings (SSSR count). The molecule has 2 heterocycles. The zero-order valence-corrected chi connectivity index (χ0v) is 16.2. The fraction of sp³-hybridized carbons (Fsp3) is 0.278. The lowest BCUT2D eigenvalue weighted by Gasteiger charge is -2.13. The number of carbonyl (C=O) groups excluding carboxylic acids is 1. The molecule has 3 aromatic rings. The highest BCUT2D eigenvalue weighted by atomic mass is 19.4. The zero-order chi connectivity index (χ0) is 24.0. The Bertz CT molecular complexity index is 1150. The summed E-state index contributed by atoms with van der Waals surface area (Å²) in [5, 5.41) is 9.40. The molecule has 0 saturated carbocycles. The molecule has 0 fully saturated rings. The number of hydrogen-bond donors (Lipinski definition) is 1. The number of aryl methyl sites for hydroxylation is 1. The predicted octanol–water partition coefficient (Wildman–Crippen LogP) is 4.35. The maximum atomic E-state index is 13.8. The van der Waals surface area contributed by atoms with Crippen LogP contribution in [0.5, 0.6) is 0 Å². The highest BCUT2D eigenvalue weighted by Crippen LogP contribution is 2.29. The van der Waals surface area contributed by atoms with Crippen molar-refractivity contribution in [2.75, 3.05) is 5.32 Å². The first-order valence-electron chi connectivity index (χ1n) is 8.79. The Balaban J connectivity index is 1.76. The number of nitrogens with zero attached hydrogens (tertiary/aromatic N) is 4. The van der Waals surface area contributed by atoms with Crippen LogP contribution in [0.25, 0.3) is 0 Å². The second-order valence-electron chi connectivity index (χ2n) is 6.73. The number of benzene rings is 1. The van der Waals surface area contributed by atoms with E-state index in [-0.39, 0.29) is 11.5 Å². The molecule has 1 N–H and O–H groups in total. The average Bonchev–Trinajstić information content (AvgIpc) is 3.33. The molecule has 0 aliphatic rings. The third-order valence-electron chi connectivity index (χ3n) is 4.47. The molecule has 14 heteroatoms. The van der Waals surface area contributed by atoms with E-state index in [9.17, 15) is 39.9 Å². The normalized spacial score (nSPS) is 12.8. The fourth-order valence-electron chi connectivity index (χ4n) is 2.83. The summed E-state index contributed by atoms with van der Waals surface area (Å²) in [5.74, 6) is -11.6. The monoisotopic (exact) mass is 467 g/mol. The molecule has 1 amide bonds. The van der Waals surface area contributed by atoms with Gasteiger partial charge in [-0.15, -0.1) is 0 Å². The summed E-state index contributed by atoms with van der Waals surface area (Å²) in [5.41, 5.74) is -2.25. The second-order valence-corrected chi connectivity index (χ2v) is 6.73. The van der Waals surface area contributed by atoms with Crippen LogP contribution in [0, 0.1) is 36.0 Å². The van der Waals surface area contributed by atoms with Crippen LogP contribution in [0.4, 0.5) is 40.9 Å². The minimum Gasteiger partial charge on any atom is -0.307 e. The summed E-state index contributed by atoms with van der Waals surface area (Å²) in [6, 6.07) is 0.738. The summed E-state index contributed by atoms with van der Waals surface area (Å²) in [6.07, 6.45) is -3.60. The first kappa shape index (κ1) is 23.2. The molecule has 0 aliphatic carbocycles. The highest BCUT2D eigenvalue weighted by Gasteiger charge is 2.35. The molecule has 2 aromatic heterocycles. The van der Waals surface area contributed by atoms with E-state index >= 15 is 0 Å². The van der Waals surface area contributed by atoms with Crippen LogP contribution in [0.2, 0.25) is 0 Å². The van der Waals surface area contributed by atoms with Crippen molar-refractivity contribution in [1.29, 1.82) is 0 Å². The van der Waals surface area contributed by atoms with E-state index in [2.05, 4.69) is 15.5 Å². The van der Waals surface area contributed by atoms with E-state index < -0.39 is 65.0 Å². The van der Waals surface area contributed by atoms with Gasteiger partial charge >= 0.3 is 6.18 Å². The van der Waals surface area contributed by atoms with Gasteiger partial charge in [-0.05, 0) is 19.9 Å². The van der Waals surface area contributed by atoms with Crippen molar-refractivity contribution in [3.63, 3.8) is 0 Å². The number of anilines is 1. The minimum absolute atomic E-state index is 0.0665. The van der Waals surface area contributed by atoms with Crippen molar-refractivity contribution >= 4 is 11.7 Å². The molecular formula is C18H13F8N5O. The van der Waals surface area contributed by atoms with Gasteiger partial charge in [-0.25, -0.2) is 22.0 Å². The molecule has 1 atom stereocenters. The molecule has 0 spiro atoms. The number of aromatic nitrogens is 4. The van der Waals surface area contributed by atoms with E-state index in [1.807, 2.05) is 0 Å². The SMILES string of the molecule is Cc1cc(C(F)(F)F)nn1C(C)C(=O)Nc1ccn(Cc2c(F)c(F)c(F)c(F)c2F)n1. The average molecular weight is 467 g/mol. The van der Waals surface area contributed by atoms with Gasteiger partial charge in [-0.2, -0.15) is 23.4 Å². The topological polar surface area (TPSA) is 64.7 Å². The van der Waals surface area contributed by atoms with E-state index in [1.54, 1.807) is 0 Å². The highest BCUT2D eigenvalue weighted by molar-refractivity contribution is 5.92. The molecule has 0 saturated heterocycles. The standard InChI is InChI=1S/C18H13F8N5O/c1-7-5-10(18(24,25)26)28-31(7)8(2)17(32)27-11-3-4-30(29-11)6-9-12(19)14(21)16(23)15(22)13(9)20/h3-5,8H,6H2,1-2H3,(H,27,29,32). The molecule has 0 bridgehead atoms. The van der Waals surface area contributed by atoms with Gasteiger partial charge in [-0.3, -0.25) is 14.2 Å². The zero-order valence-electron chi connectivity index (χ0n) is 16.2. The van der Waals surface area contributed by atoms with Gasteiger partial charge in [0.2, 0.25) is 11.7 Å². The Hall–Kier alpha value is -3.45. The molecule has 32 heavy (non-hydrogen) atoms. The van der Waals surface area contributed by atoms with Crippen LogP contribution in [0.1, 0.15) is 29.9 Å². The third kappa shape index (κ3) is 4.29. The second kappa shape index (κ2) is 8.24. The van der Waals surface area contributed by atoms with Gasteiger partial charge in [0.15, 0.2) is 34.8 Å². The number of hydrogen-bond acceptors (Lipinski definition) is 3. The van der Waals surface area contributed by atoms with Gasteiger partial charge < -0.3 is 5.32 Å². The Morgan fingerprint density at radius 3 is 2.12 bits per heavy atom. The van der Waals surface area contributed by atoms with Crippen LogP contribution in [0.15, 0.2) is 18.3 Å². The Morgan fingerprint density at radius 1 is 1.03 bits per heavy atom. The van der Waals surface area contributed by atoms with Gasteiger partial charge in [-0.1, -0.05) is 0 Å². The number of alkyl halides is 3. The fourth-order valence-corrected chi connectivity index (χ4v) is 2.83. The van der Waals surface area contributed by atoms with Crippen molar-refractivity contribution in [3.8, 4) is 0 Å². The number of nitrogens with one attached hydrogen (secondary N) is 1. The van der Waals surface area contributed by atoms with Gasteiger partial charge in [0.1, 0.15) is 6.04 Å². The van der Waals surface area contributed by atoms with Crippen LogP contribution >= 0.6 is 0 Å². The van der Waals surface area contributed by atoms with E-state index in [0.29, 0.717) is 0 Å². The lowest BCUT2D eigenvalue weighted by Crippen LogP contribution is -2.26. The first-order chi connectivity index (χ1) is 14.8. The number of rotatable bonds is 5. The number of carbonyl (C=O) groups is 1. The summed E-state index contributed by atoms with van der Waals surface area (Å²) in [4.78, 5) is 12.4. The molecule has 1 aromatic carbocycles. The number of halogens is 8. The molecule has 1 unspecified atom stereocenters. The Morgan fingerprint density at radius 2 is 1.59 bits per heavy atom. The predicted molar refractivity (Wildman–Crippen MR) is 92.9 cm³/mol. The van der Waals surface area contributed by atoms with Gasteiger partial charge in [0.05, 0.1) is 12.1 Å². The van der Waals surface area contributed by atoms with Crippen LogP contribution in [-0.2, 0) is 17.5 Å². The summed E-state index contributed by atoms with van der Waals surface area (Å²) in [7, 11) is 0. The molecule has 0 aliphatic heterocycles. The molecule has 6 nitrogen and oxygen atoms in total. The maximum Gasteiger partial charge on any atom is 0.435 e. The quantitative estimate of drug-likeness (QED) is 0.345. The lowest BCUT2D eigenvalue weighted by molar-refractivity contribution is -0.141.